The van der Waals surface area contributed by atoms with Crippen molar-refractivity contribution in [1.29, 1.82) is 0 Å². The Kier molecular flexibility index (Phi) is 4.25. The Morgan fingerprint density at radius 2 is 2.16 bits per heavy atom. The zero-order valence-corrected chi connectivity index (χ0v) is 12.1. The molecular formula is C16H24N2O. The standard InChI is InChI=1S/C16H24N2O/c1-11-6-7-14(13(3)9-11)15(17)10-18-8-4-5-12(2)16(18)19/h6-7,9,12,15H,4-5,8,10,17H2,1-3H3. The Bertz CT molecular complexity index is 470. The highest BCUT2D eigenvalue weighted by Gasteiger charge is 2.26. The van der Waals surface area contributed by atoms with Crippen LogP contribution in [0.1, 0.15) is 42.5 Å². The van der Waals surface area contributed by atoms with Gasteiger partial charge in [0.15, 0.2) is 0 Å². The van der Waals surface area contributed by atoms with Crippen LogP contribution >= 0.6 is 0 Å². The molecule has 1 saturated heterocycles. The van der Waals surface area contributed by atoms with E-state index in [1.54, 1.807) is 0 Å². The van der Waals surface area contributed by atoms with Gasteiger partial charge in [-0.15, -0.1) is 0 Å². The van der Waals surface area contributed by atoms with Crippen LogP contribution in [-0.2, 0) is 4.79 Å². The minimum absolute atomic E-state index is 0.0881. The number of hydrogen-bond donors (Lipinski definition) is 1. The molecule has 2 rings (SSSR count). The molecule has 2 unspecified atom stereocenters. The molecule has 2 atom stereocenters. The van der Waals surface area contributed by atoms with Crippen LogP contribution < -0.4 is 5.73 Å². The van der Waals surface area contributed by atoms with Crippen molar-refractivity contribution in [3.8, 4) is 0 Å². The van der Waals surface area contributed by atoms with Crippen molar-refractivity contribution in [2.75, 3.05) is 13.1 Å². The highest BCUT2D eigenvalue weighted by molar-refractivity contribution is 5.79. The van der Waals surface area contributed by atoms with Gasteiger partial charge in [-0.2, -0.15) is 0 Å². The summed E-state index contributed by atoms with van der Waals surface area (Å²) in [5.74, 6) is 0.409. The molecule has 1 aromatic rings. The summed E-state index contributed by atoms with van der Waals surface area (Å²) in [6.45, 7) is 7.66. The first-order valence-corrected chi connectivity index (χ1v) is 7.10. The van der Waals surface area contributed by atoms with Gasteiger partial charge in [0.1, 0.15) is 0 Å². The zero-order chi connectivity index (χ0) is 14.0. The Balaban J connectivity index is 2.08. The summed E-state index contributed by atoms with van der Waals surface area (Å²) in [6.07, 6.45) is 2.10. The number of aryl methyl sites for hydroxylation is 2. The minimum Gasteiger partial charge on any atom is -0.341 e. The highest BCUT2D eigenvalue weighted by Crippen LogP contribution is 2.22. The molecule has 3 nitrogen and oxygen atoms in total. The van der Waals surface area contributed by atoms with E-state index >= 15 is 0 Å². The van der Waals surface area contributed by atoms with E-state index in [-0.39, 0.29) is 17.9 Å². The molecule has 1 aromatic carbocycles. The topological polar surface area (TPSA) is 46.3 Å². The van der Waals surface area contributed by atoms with Gasteiger partial charge in [0, 0.05) is 25.0 Å². The number of carbonyl (C=O) groups excluding carboxylic acids is 1. The second kappa shape index (κ2) is 5.74. The first-order chi connectivity index (χ1) is 8.99. The van der Waals surface area contributed by atoms with Crippen molar-refractivity contribution in [1.82, 2.24) is 4.90 Å². The first-order valence-electron chi connectivity index (χ1n) is 7.10. The van der Waals surface area contributed by atoms with Gasteiger partial charge in [-0.05, 0) is 37.8 Å². The maximum absolute atomic E-state index is 12.1. The summed E-state index contributed by atoms with van der Waals surface area (Å²) in [4.78, 5) is 14.0. The number of likely N-dealkylation sites (tertiary alicyclic amines) is 1. The Labute approximate surface area is 115 Å². The molecule has 2 N–H and O–H groups in total. The maximum Gasteiger partial charge on any atom is 0.225 e. The summed E-state index contributed by atoms with van der Waals surface area (Å²) >= 11 is 0. The van der Waals surface area contributed by atoms with Crippen molar-refractivity contribution in [2.24, 2.45) is 11.7 Å². The molecule has 3 heteroatoms. The minimum atomic E-state index is -0.0881. The van der Waals surface area contributed by atoms with Gasteiger partial charge in [0.25, 0.3) is 0 Å². The van der Waals surface area contributed by atoms with Crippen LogP contribution in [0, 0.1) is 19.8 Å². The van der Waals surface area contributed by atoms with Crippen molar-refractivity contribution in [2.45, 2.75) is 39.7 Å². The maximum atomic E-state index is 12.1. The van der Waals surface area contributed by atoms with Gasteiger partial charge < -0.3 is 10.6 Å². The largest absolute Gasteiger partial charge is 0.341 e. The van der Waals surface area contributed by atoms with Crippen molar-refractivity contribution in [3.05, 3.63) is 34.9 Å². The van der Waals surface area contributed by atoms with Crippen LogP contribution in [0.25, 0.3) is 0 Å². The monoisotopic (exact) mass is 260 g/mol. The van der Waals surface area contributed by atoms with Gasteiger partial charge in [-0.25, -0.2) is 0 Å². The van der Waals surface area contributed by atoms with E-state index < -0.39 is 0 Å². The molecule has 104 valence electrons. The molecule has 0 spiro atoms. The summed E-state index contributed by atoms with van der Waals surface area (Å²) in [7, 11) is 0. The average molecular weight is 260 g/mol. The van der Waals surface area contributed by atoms with Crippen molar-refractivity contribution < 1.29 is 4.79 Å². The summed E-state index contributed by atoms with van der Waals surface area (Å²) in [6, 6.07) is 6.24. The molecule has 1 amide bonds. The van der Waals surface area contributed by atoms with E-state index in [4.69, 9.17) is 5.73 Å². The van der Waals surface area contributed by atoms with E-state index in [9.17, 15) is 4.79 Å². The molecule has 19 heavy (non-hydrogen) atoms. The smallest absolute Gasteiger partial charge is 0.225 e. The lowest BCUT2D eigenvalue weighted by molar-refractivity contribution is -0.138. The normalized spacial score (nSPS) is 21.6. The third kappa shape index (κ3) is 3.16. The molecule has 1 heterocycles. The van der Waals surface area contributed by atoms with E-state index in [1.165, 1.54) is 11.1 Å². The fraction of sp³-hybridized carbons (Fsp3) is 0.562. The Hall–Kier alpha value is -1.35. The predicted octanol–water partition coefficient (Wildman–Crippen LogP) is 2.56. The van der Waals surface area contributed by atoms with Crippen molar-refractivity contribution >= 4 is 5.91 Å². The lowest BCUT2D eigenvalue weighted by atomic mass is 9.96. The van der Waals surface area contributed by atoms with Gasteiger partial charge in [0.05, 0.1) is 0 Å². The number of carbonyl (C=O) groups is 1. The van der Waals surface area contributed by atoms with Crippen molar-refractivity contribution in [3.63, 3.8) is 0 Å². The summed E-state index contributed by atoms with van der Waals surface area (Å²) in [5, 5.41) is 0. The fourth-order valence-electron chi connectivity index (χ4n) is 2.89. The number of piperidine rings is 1. The van der Waals surface area contributed by atoms with E-state index in [0.29, 0.717) is 6.54 Å². The fourth-order valence-corrected chi connectivity index (χ4v) is 2.89. The van der Waals surface area contributed by atoms with Gasteiger partial charge in [0.2, 0.25) is 5.91 Å². The number of nitrogens with zero attached hydrogens (tertiary/aromatic N) is 1. The molecule has 0 aliphatic carbocycles. The molecule has 0 saturated carbocycles. The summed E-state index contributed by atoms with van der Waals surface area (Å²) in [5.41, 5.74) is 9.90. The molecule has 1 aliphatic rings. The third-order valence-corrected chi connectivity index (χ3v) is 4.04. The van der Waals surface area contributed by atoms with E-state index in [1.807, 2.05) is 11.8 Å². The molecule has 0 bridgehead atoms. The average Bonchev–Trinajstić information content (AvgIpc) is 2.34. The lowest BCUT2D eigenvalue weighted by Gasteiger charge is -2.33. The second-order valence-electron chi connectivity index (χ2n) is 5.79. The second-order valence-corrected chi connectivity index (χ2v) is 5.79. The van der Waals surface area contributed by atoms with Gasteiger partial charge in [-0.3, -0.25) is 4.79 Å². The third-order valence-electron chi connectivity index (χ3n) is 4.04. The van der Waals surface area contributed by atoms with E-state index in [0.717, 1.165) is 24.9 Å². The number of hydrogen-bond acceptors (Lipinski definition) is 2. The van der Waals surface area contributed by atoms with Crippen LogP contribution in [-0.4, -0.2) is 23.9 Å². The number of rotatable bonds is 3. The number of nitrogens with two attached hydrogens (primary N) is 1. The highest BCUT2D eigenvalue weighted by atomic mass is 16.2. The van der Waals surface area contributed by atoms with Crippen LogP contribution in [0.5, 0.6) is 0 Å². The summed E-state index contributed by atoms with van der Waals surface area (Å²) < 4.78 is 0. The van der Waals surface area contributed by atoms with E-state index in [2.05, 4.69) is 32.0 Å². The Morgan fingerprint density at radius 3 is 2.84 bits per heavy atom. The van der Waals surface area contributed by atoms with Crippen LogP contribution in [0.3, 0.4) is 0 Å². The number of benzene rings is 1. The predicted molar refractivity (Wildman–Crippen MR) is 77.8 cm³/mol. The number of amides is 1. The zero-order valence-electron chi connectivity index (χ0n) is 12.1. The first kappa shape index (κ1) is 14.1. The molecule has 1 fully saturated rings. The van der Waals surface area contributed by atoms with Crippen LogP contribution in [0.2, 0.25) is 0 Å². The SMILES string of the molecule is Cc1ccc(C(N)CN2CCCC(C)C2=O)c(C)c1. The van der Waals surface area contributed by atoms with Crippen LogP contribution in [0.4, 0.5) is 0 Å². The molecular weight excluding hydrogens is 236 g/mol. The Morgan fingerprint density at radius 1 is 1.42 bits per heavy atom. The molecule has 1 aliphatic heterocycles. The van der Waals surface area contributed by atoms with Crippen LogP contribution in [0.15, 0.2) is 18.2 Å². The van der Waals surface area contributed by atoms with Gasteiger partial charge in [-0.1, -0.05) is 30.7 Å². The molecule has 0 radical (unpaired) electrons. The lowest BCUT2D eigenvalue weighted by Crippen LogP contribution is -2.43. The quantitative estimate of drug-likeness (QED) is 0.908. The molecule has 0 aromatic heterocycles. The van der Waals surface area contributed by atoms with Gasteiger partial charge >= 0.3 is 0 Å².